The van der Waals surface area contributed by atoms with E-state index in [4.69, 9.17) is 9.47 Å². The van der Waals surface area contributed by atoms with Crippen molar-refractivity contribution in [2.45, 2.75) is 45.1 Å². The van der Waals surface area contributed by atoms with Crippen LogP contribution in [0.15, 0.2) is 84.9 Å². The number of nitrogens with zero attached hydrogens (tertiary/aromatic N) is 2. The van der Waals surface area contributed by atoms with Crippen molar-refractivity contribution in [3.05, 3.63) is 119 Å². The quantitative estimate of drug-likeness (QED) is 0.159. The molecule has 3 atom stereocenters. The second kappa shape index (κ2) is 15.9. The number of rotatable bonds is 11. The number of amides is 2. The van der Waals surface area contributed by atoms with E-state index in [1.54, 1.807) is 54.3 Å². The number of halogens is 5. The van der Waals surface area contributed by atoms with E-state index in [0.29, 0.717) is 31.0 Å². The van der Waals surface area contributed by atoms with Crippen LogP contribution in [-0.4, -0.2) is 65.6 Å². The fourth-order valence-electron chi connectivity index (χ4n) is 5.84. The number of hydrogen-bond donors (Lipinski definition) is 2. The molecule has 1 heterocycles. The van der Waals surface area contributed by atoms with Gasteiger partial charge < -0.3 is 24.8 Å². The van der Waals surface area contributed by atoms with Crippen molar-refractivity contribution in [1.82, 2.24) is 9.80 Å². The van der Waals surface area contributed by atoms with Crippen LogP contribution in [0.3, 0.4) is 0 Å². The van der Waals surface area contributed by atoms with Gasteiger partial charge in [0.25, 0.3) is 5.91 Å². The zero-order valence-electron chi connectivity index (χ0n) is 28.2. The number of fused-ring (bicyclic) bond motifs is 1. The molecule has 0 aliphatic carbocycles. The van der Waals surface area contributed by atoms with E-state index in [0.717, 1.165) is 11.6 Å². The van der Waals surface area contributed by atoms with Crippen molar-refractivity contribution in [2.24, 2.45) is 5.92 Å². The zero-order valence-corrected chi connectivity index (χ0v) is 28.2. The summed E-state index contributed by atoms with van der Waals surface area (Å²) in [5.41, 5.74) is -0.159. The van der Waals surface area contributed by atoms with Gasteiger partial charge >= 0.3 is 6.18 Å². The van der Waals surface area contributed by atoms with Crippen LogP contribution in [0.1, 0.15) is 40.9 Å². The minimum absolute atomic E-state index is 0.0247. The number of carbonyl (C=O) groups excluding carboxylic acids is 2. The number of aliphatic hydroxyl groups excluding tert-OH is 1. The standard InChI is InChI=1S/C38H38F5N3O5/c1-23-19-46(24(2)22-47)37(49)28-7-6-9-32(44-35(48)18-26-13-16-29(31(40)17-26)38(41,42)43)36(28)51-34(23)21-45(3)20-25-11-14-27(15-12-25)50-33-10-5-4-8-30(33)39/h4-17,23-24,34,47H,18-22H2,1-3H3,(H,44,48)/t23-,24+,34-/m1/s1. The minimum Gasteiger partial charge on any atom is -0.486 e. The van der Waals surface area contributed by atoms with Crippen molar-refractivity contribution in [3.63, 3.8) is 0 Å². The molecule has 0 radical (unpaired) electrons. The van der Waals surface area contributed by atoms with Crippen molar-refractivity contribution in [3.8, 4) is 17.2 Å². The molecule has 5 rings (SSSR count). The Bertz CT molecular complexity index is 1850. The van der Waals surface area contributed by atoms with Gasteiger partial charge in [0.2, 0.25) is 5.91 Å². The number of benzene rings is 4. The van der Waals surface area contributed by atoms with E-state index in [9.17, 15) is 36.6 Å². The molecule has 0 unspecified atom stereocenters. The highest BCUT2D eigenvalue weighted by molar-refractivity contribution is 6.02. The summed E-state index contributed by atoms with van der Waals surface area (Å²) in [6.07, 6.45) is -5.82. The van der Waals surface area contributed by atoms with Gasteiger partial charge in [0.05, 0.1) is 35.9 Å². The molecule has 51 heavy (non-hydrogen) atoms. The predicted molar refractivity (Wildman–Crippen MR) is 181 cm³/mol. The summed E-state index contributed by atoms with van der Waals surface area (Å²) in [5, 5.41) is 12.7. The van der Waals surface area contributed by atoms with Crippen LogP contribution >= 0.6 is 0 Å². The van der Waals surface area contributed by atoms with Gasteiger partial charge in [0, 0.05) is 25.6 Å². The fraction of sp³-hybridized carbons (Fsp3) is 0.316. The molecule has 0 saturated carbocycles. The molecule has 2 amide bonds. The maximum Gasteiger partial charge on any atom is 0.419 e. The van der Waals surface area contributed by atoms with Crippen LogP contribution < -0.4 is 14.8 Å². The normalized spacial score (nSPS) is 16.9. The monoisotopic (exact) mass is 711 g/mol. The molecular weight excluding hydrogens is 673 g/mol. The summed E-state index contributed by atoms with van der Waals surface area (Å²) >= 11 is 0. The highest BCUT2D eigenvalue weighted by Crippen LogP contribution is 2.36. The Hall–Kier alpha value is -5.01. The Balaban J connectivity index is 1.35. The zero-order chi connectivity index (χ0) is 36.9. The highest BCUT2D eigenvalue weighted by atomic mass is 19.4. The largest absolute Gasteiger partial charge is 0.486 e. The van der Waals surface area contributed by atoms with Crippen LogP contribution in [0.4, 0.5) is 27.6 Å². The number of hydrogen-bond acceptors (Lipinski definition) is 6. The van der Waals surface area contributed by atoms with Gasteiger partial charge in [0.15, 0.2) is 17.3 Å². The second-order valence-electron chi connectivity index (χ2n) is 12.7. The average Bonchev–Trinajstić information content (AvgIpc) is 3.07. The van der Waals surface area contributed by atoms with Crippen LogP contribution in [0, 0.1) is 17.6 Å². The van der Waals surface area contributed by atoms with Crippen molar-refractivity contribution in [2.75, 3.05) is 32.1 Å². The molecule has 1 aliphatic rings. The lowest BCUT2D eigenvalue weighted by atomic mass is 9.98. The third kappa shape index (κ3) is 9.21. The van der Waals surface area contributed by atoms with Crippen molar-refractivity contribution < 1.29 is 46.1 Å². The van der Waals surface area contributed by atoms with Crippen LogP contribution in [-0.2, 0) is 23.9 Å². The summed E-state index contributed by atoms with van der Waals surface area (Å²) in [4.78, 5) is 30.5. The van der Waals surface area contributed by atoms with Gasteiger partial charge in [-0.1, -0.05) is 43.3 Å². The molecule has 4 aromatic rings. The number of para-hydroxylation sites is 2. The van der Waals surface area contributed by atoms with E-state index < -0.39 is 53.8 Å². The Labute approximate surface area is 292 Å². The Morgan fingerprint density at radius 2 is 1.73 bits per heavy atom. The second-order valence-corrected chi connectivity index (χ2v) is 12.7. The predicted octanol–water partition coefficient (Wildman–Crippen LogP) is 7.31. The summed E-state index contributed by atoms with van der Waals surface area (Å²) in [6, 6.07) is 19.8. The number of carbonyl (C=O) groups is 2. The smallest absolute Gasteiger partial charge is 0.419 e. The van der Waals surface area contributed by atoms with E-state index in [1.807, 2.05) is 31.0 Å². The number of likely N-dealkylation sites (N-methyl/N-ethyl adjacent to an activating group) is 1. The lowest BCUT2D eigenvalue weighted by Gasteiger charge is -2.38. The van der Waals surface area contributed by atoms with Gasteiger partial charge in [-0.05, 0) is 73.6 Å². The molecule has 4 aromatic carbocycles. The SMILES string of the molecule is C[C@@H]1CN([C@@H](C)CO)C(=O)c2cccc(NC(=O)Cc3ccc(C(F)(F)F)c(F)c3)c2O[C@@H]1CN(C)Cc1ccc(Oc2ccccc2F)cc1. The van der Waals surface area contributed by atoms with Gasteiger partial charge in [-0.3, -0.25) is 14.5 Å². The fourth-order valence-corrected chi connectivity index (χ4v) is 5.84. The van der Waals surface area contributed by atoms with Crippen molar-refractivity contribution in [1.29, 1.82) is 0 Å². The topological polar surface area (TPSA) is 91.3 Å². The average molecular weight is 712 g/mol. The molecule has 8 nitrogen and oxygen atoms in total. The number of anilines is 1. The summed E-state index contributed by atoms with van der Waals surface area (Å²) in [5.74, 6) is -2.59. The number of ether oxygens (including phenoxy) is 2. The van der Waals surface area contributed by atoms with Crippen LogP contribution in [0.25, 0.3) is 0 Å². The first kappa shape index (κ1) is 37.3. The van der Waals surface area contributed by atoms with Crippen molar-refractivity contribution >= 4 is 17.5 Å². The van der Waals surface area contributed by atoms with Gasteiger partial charge in [-0.15, -0.1) is 0 Å². The van der Waals surface area contributed by atoms with E-state index in [1.165, 1.54) is 12.1 Å². The third-order valence-corrected chi connectivity index (χ3v) is 8.60. The molecule has 1 aliphatic heterocycles. The van der Waals surface area contributed by atoms with Gasteiger partial charge in [-0.2, -0.15) is 13.2 Å². The van der Waals surface area contributed by atoms with Crippen LogP contribution in [0.2, 0.25) is 0 Å². The molecule has 0 spiro atoms. The maximum absolute atomic E-state index is 14.2. The molecule has 0 fully saturated rings. The first-order chi connectivity index (χ1) is 24.2. The molecule has 13 heteroatoms. The third-order valence-electron chi connectivity index (χ3n) is 8.60. The number of nitrogens with one attached hydrogen (secondary N) is 1. The molecule has 0 aromatic heterocycles. The van der Waals surface area contributed by atoms with E-state index in [-0.39, 0.29) is 47.4 Å². The van der Waals surface area contributed by atoms with Crippen LogP contribution in [0.5, 0.6) is 17.2 Å². The lowest BCUT2D eigenvalue weighted by Crippen LogP contribution is -2.49. The van der Waals surface area contributed by atoms with Gasteiger partial charge in [0.1, 0.15) is 17.7 Å². The summed E-state index contributed by atoms with van der Waals surface area (Å²) in [6.45, 7) is 4.52. The first-order valence-corrected chi connectivity index (χ1v) is 16.3. The molecule has 2 N–H and O–H groups in total. The minimum atomic E-state index is -4.87. The summed E-state index contributed by atoms with van der Waals surface area (Å²) < 4.78 is 79.5. The first-order valence-electron chi connectivity index (χ1n) is 16.3. The molecule has 270 valence electrons. The number of aliphatic hydroxyl groups is 1. The maximum atomic E-state index is 14.2. The highest BCUT2D eigenvalue weighted by Gasteiger charge is 2.36. The molecular formula is C38H38F5N3O5. The Morgan fingerprint density at radius 1 is 1.02 bits per heavy atom. The Kier molecular flexibility index (Phi) is 11.6. The molecule has 0 saturated heterocycles. The van der Waals surface area contributed by atoms with E-state index in [2.05, 4.69) is 5.32 Å². The Morgan fingerprint density at radius 3 is 2.39 bits per heavy atom. The number of alkyl halides is 3. The summed E-state index contributed by atoms with van der Waals surface area (Å²) in [7, 11) is 1.90. The lowest BCUT2D eigenvalue weighted by molar-refractivity contribution is -0.140. The van der Waals surface area contributed by atoms with Gasteiger partial charge in [-0.25, -0.2) is 8.78 Å². The van der Waals surface area contributed by atoms with E-state index >= 15 is 0 Å². The molecule has 0 bridgehead atoms.